The van der Waals surface area contributed by atoms with E-state index in [1.807, 2.05) is 54.6 Å². The Morgan fingerprint density at radius 3 is 2.44 bits per heavy atom. The smallest absolute Gasteiger partial charge is 0.264 e. The first-order valence-corrected chi connectivity index (χ1v) is 13.1. The minimum Gasteiger partial charge on any atom is -0.495 e. The lowest BCUT2D eigenvalue weighted by atomic mass is 9.98. The molecule has 1 fully saturated rings. The quantitative estimate of drug-likeness (QED) is 0.404. The zero-order valence-electron chi connectivity index (χ0n) is 20.8. The van der Waals surface area contributed by atoms with Gasteiger partial charge >= 0.3 is 0 Å². The number of fused-ring (bicyclic) bond motifs is 1. The molecule has 0 aliphatic carbocycles. The van der Waals surface area contributed by atoms with Crippen molar-refractivity contribution in [1.29, 1.82) is 0 Å². The third-order valence-corrected chi connectivity index (χ3v) is 7.54. The molecule has 3 aromatic rings. The van der Waals surface area contributed by atoms with Crippen LogP contribution in [0, 0.1) is 0 Å². The number of hydrazone groups is 1. The fraction of sp³-hybridized carbons (Fsp3) is 0.214. The molecule has 3 aliphatic heterocycles. The highest BCUT2D eigenvalue weighted by molar-refractivity contribution is 9.10. The Hall–Kier alpha value is -4.38. The summed E-state index contributed by atoms with van der Waals surface area (Å²) in [5.41, 5.74) is 2.97. The summed E-state index contributed by atoms with van der Waals surface area (Å²) in [6.07, 6.45) is 0.532. The number of para-hydroxylation sites is 2. The largest absolute Gasteiger partial charge is 0.495 e. The van der Waals surface area contributed by atoms with E-state index < -0.39 is 23.9 Å². The predicted octanol–water partition coefficient (Wildman–Crippen LogP) is 4.13. The third kappa shape index (κ3) is 4.38. The first-order valence-electron chi connectivity index (χ1n) is 12.3. The molecule has 196 valence electrons. The van der Waals surface area contributed by atoms with Crippen molar-refractivity contribution in [2.75, 3.05) is 18.6 Å². The van der Waals surface area contributed by atoms with Crippen LogP contribution >= 0.6 is 15.9 Å². The van der Waals surface area contributed by atoms with Gasteiger partial charge in [-0.3, -0.25) is 19.4 Å². The fourth-order valence-electron chi connectivity index (χ4n) is 5.11. The average Bonchev–Trinajstić information content (AvgIpc) is 3.65. The molecule has 0 unspecified atom stereocenters. The average molecular weight is 587 g/mol. The Kier molecular flexibility index (Phi) is 6.43. The van der Waals surface area contributed by atoms with Crippen LogP contribution in [0.15, 0.2) is 98.8 Å². The lowest BCUT2D eigenvalue weighted by Crippen LogP contribution is -2.44. The third-order valence-electron chi connectivity index (χ3n) is 7.01. The summed E-state index contributed by atoms with van der Waals surface area (Å²) in [5, 5.41) is 15.5. The van der Waals surface area contributed by atoms with E-state index in [0.29, 0.717) is 17.9 Å². The van der Waals surface area contributed by atoms with Crippen LogP contribution < -0.4 is 9.64 Å². The van der Waals surface area contributed by atoms with Crippen LogP contribution in [-0.4, -0.2) is 59.2 Å². The van der Waals surface area contributed by atoms with E-state index in [1.54, 1.807) is 24.3 Å². The Balaban J connectivity index is 1.26. The SMILES string of the molecule is COc1ccccc1N1C(=O)[C@@H]2N=NN(CC(=O)N3N=C(c4ccc(Br)cc4)C[C@@H]3c3ccccc3)[C@H]2C1=O. The van der Waals surface area contributed by atoms with Gasteiger partial charge in [-0.15, -0.1) is 0 Å². The molecule has 0 N–H and O–H groups in total. The monoisotopic (exact) mass is 586 g/mol. The van der Waals surface area contributed by atoms with Crippen LogP contribution in [0.25, 0.3) is 0 Å². The number of halogens is 1. The standard InChI is InChI=1S/C28H23BrN6O4/c1-39-23-10-6-5-9-21(23)34-27(37)25-26(28(34)38)33(32-30-25)16-24(36)35-22(18-7-3-2-4-8-18)15-20(31-35)17-11-13-19(29)14-12-17/h2-14,22,25-26H,15-16H2,1H3/t22-,25-,26-/m1/s1. The van der Waals surface area contributed by atoms with E-state index in [9.17, 15) is 14.4 Å². The molecule has 10 nitrogen and oxygen atoms in total. The number of anilines is 1. The van der Waals surface area contributed by atoms with Crippen LogP contribution in [0.1, 0.15) is 23.6 Å². The van der Waals surface area contributed by atoms with Crippen molar-refractivity contribution >= 4 is 45.1 Å². The highest BCUT2D eigenvalue weighted by atomic mass is 79.9. The Bertz CT molecular complexity index is 1510. The lowest BCUT2D eigenvalue weighted by molar-refractivity contribution is -0.135. The second-order valence-electron chi connectivity index (χ2n) is 9.30. The summed E-state index contributed by atoms with van der Waals surface area (Å²) in [6, 6.07) is 21.9. The Morgan fingerprint density at radius 1 is 0.974 bits per heavy atom. The summed E-state index contributed by atoms with van der Waals surface area (Å²) < 4.78 is 6.30. The normalized spacial score (nSPS) is 21.9. The van der Waals surface area contributed by atoms with Crippen molar-refractivity contribution in [3.05, 3.63) is 94.5 Å². The number of benzene rings is 3. The van der Waals surface area contributed by atoms with Gasteiger partial charge in [0.2, 0.25) is 0 Å². The highest BCUT2D eigenvalue weighted by Crippen LogP contribution is 2.37. The number of hydrogen-bond donors (Lipinski definition) is 0. The molecule has 0 saturated carbocycles. The Labute approximate surface area is 232 Å². The van der Waals surface area contributed by atoms with Crippen molar-refractivity contribution in [1.82, 2.24) is 10.0 Å². The molecule has 1 saturated heterocycles. The van der Waals surface area contributed by atoms with Gasteiger partial charge in [-0.1, -0.05) is 75.8 Å². The number of methoxy groups -OCH3 is 1. The van der Waals surface area contributed by atoms with Crippen LogP contribution in [0.3, 0.4) is 0 Å². The molecule has 0 spiro atoms. The van der Waals surface area contributed by atoms with E-state index in [1.165, 1.54) is 17.1 Å². The maximum Gasteiger partial charge on any atom is 0.264 e. The van der Waals surface area contributed by atoms with Crippen LogP contribution in [0.4, 0.5) is 5.69 Å². The summed E-state index contributed by atoms with van der Waals surface area (Å²) in [5.74, 6) is -0.984. The molecule has 3 aromatic carbocycles. The molecule has 3 amide bonds. The number of hydrogen-bond acceptors (Lipinski definition) is 8. The second kappa shape index (κ2) is 10.1. The minimum absolute atomic E-state index is 0.260. The maximum atomic E-state index is 13.7. The van der Waals surface area contributed by atoms with Gasteiger partial charge in [0.25, 0.3) is 17.7 Å². The molecule has 39 heavy (non-hydrogen) atoms. The zero-order chi connectivity index (χ0) is 27.1. The van der Waals surface area contributed by atoms with Gasteiger partial charge in [-0.2, -0.15) is 10.2 Å². The van der Waals surface area contributed by atoms with Crippen LogP contribution in [0.5, 0.6) is 5.75 Å². The minimum atomic E-state index is -1.03. The molecule has 6 rings (SSSR count). The maximum absolute atomic E-state index is 13.7. The number of rotatable bonds is 6. The number of nitrogens with zero attached hydrogens (tertiary/aromatic N) is 6. The topological polar surface area (TPSA) is 107 Å². The van der Waals surface area contributed by atoms with Crippen LogP contribution in [-0.2, 0) is 14.4 Å². The molecule has 0 radical (unpaired) electrons. The summed E-state index contributed by atoms with van der Waals surface area (Å²) >= 11 is 3.45. The van der Waals surface area contributed by atoms with Gasteiger partial charge in [0.05, 0.1) is 24.6 Å². The van der Waals surface area contributed by atoms with Gasteiger partial charge in [0.1, 0.15) is 12.3 Å². The van der Waals surface area contributed by atoms with Crippen molar-refractivity contribution < 1.29 is 19.1 Å². The van der Waals surface area contributed by atoms with E-state index in [2.05, 4.69) is 26.3 Å². The Morgan fingerprint density at radius 2 is 1.69 bits per heavy atom. The molecule has 3 atom stereocenters. The highest BCUT2D eigenvalue weighted by Gasteiger charge is 2.56. The van der Waals surface area contributed by atoms with Crippen molar-refractivity contribution in [3.63, 3.8) is 0 Å². The fourth-order valence-corrected chi connectivity index (χ4v) is 5.37. The van der Waals surface area contributed by atoms with Crippen molar-refractivity contribution in [3.8, 4) is 5.75 Å². The van der Waals surface area contributed by atoms with E-state index >= 15 is 0 Å². The van der Waals surface area contributed by atoms with Gasteiger partial charge in [-0.05, 0) is 35.4 Å². The number of ether oxygens (including phenoxy) is 1. The molecule has 3 heterocycles. The van der Waals surface area contributed by atoms with E-state index in [0.717, 1.165) is 26.2 Å². The molecule has 0 aromatic heterocycles. The second-order valence-corrected chi connectivity index (χ2v) is 10.2. The molecular weight excluding hydrogens is 564 g/mol. The summed E-state index contributed by atoms with van der Waals surface area (Å²) in [4.78, 5) is 41.4. The first-order chi connectivity index (χ1) is 19.0. The zero-order valence-corrected chi connectivity index (χ0v) is 22.4. The van der Waals surface area contributed by atoms with E-state index in [4.69, 9.17) is 9.84 Å². The van der Waals surface area contributed by atoms with Gasteiger partial charge in [0, 0.05) is 10.9 Å². The number of carbonyl (C=O) groups is 3. The number of imide groups is 1. The summed E-state index contributed by atoms with van der Waals surface area (Å²) in [6.45, 7) is -0.260. The lowest BCUT2D eigenvalue weighted by Gasteiger charge is -2.25. The van der Waals surface area contributed by atoms with Gasteiger partial charge in [-0.25, -0.2) is 9.91 Å². The van der Waals surface area contributed by atoms with Gasteiger partial charge in [0.15, 0.2) is 12.1 Å². The molecule has 11 heteroatoms. The first kappa shape index (κ1) is 24.9. The molecule has 0 bridgehead atoms. The van der Waals surface area contributed by atoms with Crippen molar-refractivity contribution in [2.45, 2.75) is 24.5 Å². The van der Waals surface area contributed by atoms with E-state index in [-0.39, 0.29) is 18.5 Å². The predicted molar refractivity (Wildman–Crippen MR) is 146 cm³/mol. The summed E-state index contributed by atoms with van der Waals surface area (Å²) in [7, 11) is 1.47. The van der Waals surface area contributed by atoms with Crippen molar-refractivity contribution in [2.24, 2.45) is 15.4 Å². The molecule has 3 aliphatic rings. The van der Waals surface area contributed by atoms with Gasteiger partial charge < -0.3 is 4.74 Å². The molecular formula is C28H23BrN6O4. The number of amides is 3. The van der Waals surface area contributed by atoms with Crippen LogP contribution in [0.2, 0.25) is 0 Å². The number of carbonyl (C=O) groups excluding carboxylic acids is 3.